The highest BCUT2D eigenvalue weighted by molar-refractivity contribution is 5.89. The lowest BCUT2D eigenvalue weighted by Crippen LogP contribution is -2.07. The van der Waals surface area contributed by atoms with Crippen LogP contribution in [0.2, 0.25) is 0 Å². The lowest BCUT2D eigenvalue weighted by atomic mass is 10.2. The highest BCUT2D eigenvalue weighted by atomic mass is 16.5. The van der Waals surface area contributed by atoms with Gasteiger partial charge in [-0.3, -0.25) is 0 Å². The molecule has 0 atom stereocenters. The second-order valence-corrected chi connectivity index (χ2v) is 6.38. The summed E-state index contributed by atoms with van der Waals surface area (Å²) >= 11 is 0. The number of carbonyl (C=O) groups excluding carboxylic acids is 1. The van der Waals surface area contributed by atoms with E-state index < -0.39 is 0 Å². The first kappa shape index (κ1) is 22.5. The van der Waals surface area contributed by atoms with Crippen molar-refractivity contribution < 1.29 is 24.1 Å². The molecule has 148 valence electrons. The van der Waals surface area contributed by atoms with E-state index in [2.05, 4.69) is 6.92 Å². The van der Waals surface area contributed by atoms with Gasteiger partial charge < -0.3 is 19.3 Å². The van der Waals surface area contributed by atoms with E-state index in [4.69, 9.17) is 14.2 Å². The summed E-state index contributed by atoms with van der Waals surface area (Å²) in [6.07, 6.45) is 8.71. The van der Waals surface area contributed by atoms with E-state index >= 15 is 0 Å². The Labute approximate surface area is 157 Å². The Bertz CT molecular complexity index is 458. The van der Waals surface area contributed by atoms with Crippen LogP contribution in [0.4, 0.5) is 0 Å². The van der Waals surface area contributed by atoms with Crippen LogP contribution < -0.4 is 0 Å². The van der Waals surface area contributed by atoms with E-state index in [0.29, 0.717) is 18.8 Å². The molecule has 0 spiro atoms. The summed E-state index contributed by atoms with van der Waals surface area (Å²) in [4.78, 5) is 11.7. The van der Waals surface area contributed by atoms with Gasteiger partial charge in [0.2, 0.25) is 0 Å². The lowest BCUT2D eigenvalue weighted by molar-refractivity contribution is 0.0479. The second-order valence-electron chi connectivity index (χ2n) is 6.38. The summed E-state index contributed by atoms with van der Waals surface area (Å²) in [7, 11) is 0. The number of unbranched alkanes of at least 4 members (excludes halogenated alkanes) is 5. The Hall–Kier alpha value is -1.59. The molecular weight excluding hydrogens is 332 g/mol. The van der Waals surface area contributed by atoms with Crippen molar-refractivity contribution in [2.75, 3.05) is 33.0 Å². The highest BCUT2D eigenvalue weighted by Gasteiger charge is 2.06. The van der Waals surface area contributed by atoms with Gasteiger partial charge in [-0.15, -0.1) is 0 Å². The Morgan fingerprint density at radius 2 is 1.27 bits per heavy atom. The molecule has 0 radical (unpaired) electrons. The Balaban J connectivity index is 1.82. The number of aromatic hydroxyl groups is 1. The van der Waals surface area contributed by atoms with Gasteiger partial charge in [0, 0.05) is 26.4 Å². The predicted octanol–water partition coefficient (Wildman–Crippen LogP) is 4.72. The first-order valence-corrected chi connectivity index (χ1v) is 9.85. The van der Waals surface area contributed by atoms with Gasteiger partial charge in [0.25, 0.3) is 0 Å². The Morgan fingerprint density at radius 3 is 1.81 bits per heavy atom. The van der Waals surface area contributed by atoms with E-state index in [1.54, 1.807) is 12.1 Å². The van der Waals surface area contributed by atoms with Crippen molar-refractivity contribution in [2.24, 2.45) is 0 Å². The number of esters is 1. The molecule has 0 fully saturated rings. The summed E-state index contributed by atoms with van der Waals surface area (Å²) in [6, 6.07) is 6.05. The molecule has 0 saturated carbocycles. The monoisotopic (exact) mass is 366 g/mol. The molecule has 5 heteroatoms. The number of carbonyl (C=O) groups is 1. The van der Waals surface area contributed by atoms with Crippen LogP contribution in [0.25, 0.3) is 0 Å². The molecule has 1 rings (SSSR count). The molecule has 26 heavy (non-hydrogen) atoms. The number of hydrogen-bond donors (Lipinski definition) is 1. The zero-order valence-electron chi connectivity index (χ0n) is 16.1. The van der Waals surface area contributed by atoms with Crippen LogP contribution in [0.3, 0.4) is 0 Å². The molecule has 1 aromatic rings. The standard InChI is InChI=1S/C21H34O5/c1-2-3-4-5-14-24-15-6-7-16-25-17-8-9-18-26-21(23)19-10-12-20(22)13-11-19/h10-13,22H,2-9,14-18H2,1H3. The smallest absolute Gasteiger partial charge is 0.338 e. The molecule has 0 aliphatic heterocycles. The third kappa shape index (κ3) is 11.9. The maximum Gasteiger partial charge on any atom is 0.338 e. The molecule has 0 aromatic heterocycles. The van der Waals surface area contributed by atoms with Crippen LogP contribution in [-0.4, -0.2) is 44.1 Å². The van der Waals surface area contributed by atoms with E-state index in [0.717, 1.165) is 45.5 Å². The van der Waals surface area contributed by atoms with Crippen LogP contribution >= 0.6 is 0 Å². The molecule has 0 saturated heterocycles. The van der Waals surface area contributed by atoms with Crippen LogP contribution in [-0.2, 0) is 14.2 Å². The zero-order chi connectivity index (χ0) is 18.9. The van der Waals surface area contributed by atoms with E-state index in [-0.39, 0.29) is 11.7 Å². The molecular formula is C21H34O5. The van der Waals surface area contributed by atoms with E-state index in [9.17, 15) is 9.90 Å². The maximum absolute atomic E-state index is 11.7. The van der Waals surface area contributed by atoms with Crippen molar-refractivity contribution >= 4 is 5.97 Å². The topological polar surface area (TPSA) is 65.0 Å². The zero-order valence-corrected chi connectivity index (χ0v) is 16.1. The van der Waals surface area contributed by atoms with Gasteiger partial charge in [0.05, 0.1) is 12.2 Å². The van der Waals surface area contributed by atoms with Crippen molar-refractivity contribution in [1.82, 2.24) is 0 Å². The summed E-state index contributed by atoms with van der Waals surface area (Å²) in [5.41, 5.74) is 0.451. The van der Waals surface area contributed by atoms with Gasteiger partial charge in [-0.1, -0.05) is 26.2 Å². The van der Waals surface area contributed by atoms with Crippen molar-refractivity contribution in [3.63, 3.8) is 0 Å². The Kier molecular flexibility index (Phi) is 13.5. The Morgan fingerprint density at radius 1 is 0.769 bits per heavy atom. The largest absolute Gasteiger partial charge is 0.508 e. The van der Waals surface area contributed by atoms with Gasteiger partial charge in [0.1, 0.15) is 5.75 Å². The fraction of sp³-hybridized carbons (Fsp3) is 0.667. The average molecular weight is 366 g/mol. The van der Waals surface area contributed by atoms with Crippen molar-refractivity contribution in [1.29, 1.82) is 0 Å². The lowest BCUT2D eigenvalue weighted by Gasteiger charge is -2.07. The summed E-state index contributed by atoms with van der Waals surface area (Å²) < 4.78 is 16.3. The number of benzene rings is 1. The summed E-state index contributed by atoms with van der Waals surface area (Å²) in [6.45, 7) is 5.74. The molecule has 0 amide bonds. The number of rotatable bonds is 16. The first-order valence-electron chi connectivity index (χ1n) is 9.85. The maximum atomic E-state index is 11.7. The number of ether oxygens (including phenoxy) is 3. The third-order valence-electron chi connectivity index (χ3n) is 3.99. The molecule has 0 unspecified atom stereocenters. The van der Waals surface area contributed by atoms with Gasteiger partial charge in [0.15, 0.2) is 0 Å². The van der Waals surface area contributed by atoms with Crippen LogP contribution in [0.5, 0.6) is 5.75 Å². The fourth-order valence-electron chi connectivity index (χ4n) is 2.40. The predicted molar refractivity (Wildman–Crippen MR) is 103 cm³/mol. The minimum Gasteiger partial charge on any atom is -0.508 e. The summed E-state index contributed by atoms with van der Waals surface area (Å²) in [5.74, 6) is -0.224. The van der Waals surface area contributed by atoms with Gasteiger partial charge in [-0.2, -0.15) is 0 Å². The highest BCUT2D eigenvalue weighted by Crippen LogP contribution is 2.10. The van der Waals surface area contributed by atoms with Gasteiger partial charge in [-0.25, -0.2) is 4.79 Å². The fourth-order valence-corrected chi connectivity index (χ4v) is 2.40. The average Bonchev–Trinajstić information content (AvgIpc) is 2.65. The number of phenols is 1. The molecule has 0 bridgehead atoms. The molecule has 1 aromatic carbocycles. The summed E-state index contributed by atoms with van der Waals surface area (Å²) in [5, 5.41) is 9.18. The number of phenolic OH excluding ortho intramolecular Hbond substituents is 1. The molecule has 5 nitrogen and oxygen atoms in total. The van der Waals surface area contributed by atoms with Crippen molar-refractivity contribution in [3.05, 3.63) is 29.8 Å². The molecule has 0 aliphatic rings. The molecule has 1 N–H and O–H groups in total. The van der Waals surface area contributed by atoms with Gasteiger partial charge in [-0.05, 0) is 56.4 Å². The van der Waals surface area contributed by atoms with Crippen LogP contribution in [0, 0.1) is 0 Å². The second kappa shape index (κ2) is 15.6. The van der Waals surface area contributed by atoms with E-state index in [1.807, 2.05) is 0 Å². The quantitative estimate of drug-likeness (QED) is 0.339. The first-order chi connectivity index (χ1) is 12.7. The van der Waals surface area contributed by atoms with Crippen LogP contribution in [0.1, 0.15) is 68.6 Å². The minimum atomic E-state index is -0.361. The van der Waals surface area contributed by atoms with Gasteiger partial charge >= 0.3 is 5.97 Å². The SMILES string of the molecule is CCCCCCOCCCCOCCCCOC(=O)c1ccc(O)cc1. The normalized spacial score (nSPS) is 10.8. The van der Waals surface area contributed by atoms with E-state index in [1.165, 1.54) is 37.8 Å². The molecule has 0 heterocycles. The van der Waals surface area contributed by atoms with Crippen molar-refractivity contribution in [3.8, 4) is 5.75 Å². The van der Waals surface area contributed by atoms with Crippen LogP contribution in [0.15, 0.2) is 24.3 Å². The van der Waals surface area contributed by atoms with Crippen molar-refractivity contribution in [2.45, 2.75) is 58.3 Å². The number of hydrogen-bond acceptors (Lipinski definition) is 5. The third-order valence-corrected chi connectivity index (χ3v) is 3.99. The minimum absolute atomic E-state index is 0.136. The molecule has 0 aliphatic carbocycles.